The highest BCUT2D eigenvalue weighted by Crippen LogP contribution is 2.64. The van der Waals surface area contributed by atoms with Crippen molar-refractivity contribution < 1.29 is 79.4 Å². The van der Waals surface area contributed by atoms with E-state index >= 15 is 0 Å². The van der Waals surface area contributed by atoms with Crippen LogP contribution in [0.2, 0.25) is 0 Å². The average molecular weight is 574 g/mol. The van der Waals surface area contributed by atoms with Crippen molar-refractivity contribution in [2.24, 2.45) is 0 Å². The number of anilines is 1. The zero-order chi connectivity index (χ0) is 28.3. The predicted octanol–water partition coefficient (Wildman–Crippen LogP) is 7.04. The molecule has 0 bridgehead atoms. The molecule has 0 aromatic heterocycles. The van der Waals surface area contributed by atoms with Gasteiger partial charge in [-0.25, -0.2) is 4.39 Å². The first-order valence-corrected chi connectivity index (χ1v) is 8.31. The molecule has 202 valence electrons. The Morgan fingerprint density at radius 1 is 0.600 bits per heavy atom. The van der Waals surface area contributed by atoms with Crippen LogP contribution in [-0.2, 0) is 4.79 Å². The molecule has 1 aromatic rings. The summed E-state index contributed by atoms with van der Waals surface area (Å²) in [7, 11) is 0. The Balaban J connectivity index is 3.60. The van der Waals surface area contributed by atoms with E-state index < -0.39 is 64.3 Å². The monoisotopic (exact) mass is 573 g/mol. The lowest BCUT2D eigenvalue weighted by Gasteiger charge is -2.42. The lowest BCUT2D eigenvalue weighted by atomic mass is 9.89. The van der Waals surface area contributed by atoms with Crippen LogP contribution in [0.25, 0.3) is 0 Å². The molecule has 2 nitrogen and oxygen atoms in total. The number of hydrogen-bond acceptors (Lipinski definition) is 1. The predicted molar refractivity (Wildman–Crippen MR) is 80.5 cm³/mol. The van der Waals surface area contributed by atoms with Crippen molar-refractivity contribution in [3.63, 3.8) is 0 Å². The Bertz CT molecular complexity index is 955. The van der Waals surface area contributed by atoms with Gasteiger partial charge in [0.1, 0.15) is 5.82 Å². The minimum atomic E-state index is -8.69. The minimum absolute atomic E-state index is 0.317. The van der Waals surface area contributed by atoms with Gasteiger partial charge < -0.3 is 5.32 Å². The van der Waals surface area contributed by atoms with Crippen LogP contribution >= 0.6 is 11.6 Å². The van der Waals surface area contributed by atoms with Gasteiger partial charge in [-0.3, -0.25) is 4.79 Å². The highest BCUT2D eigenvalue weighted by molar-refractivity contribution is 6.22. The molecule has 0 aliphatic carbocycles. The molecule has 0 saturated heterocycles. The lowest BCUT2D eigenvalue weighted by Crippen LogP contribution is -2.75. The average Bonchev–Trinajstić information content (AvgIpc) is 2.67. The van der Waals surface area contributed by atoms with Gasteiger partial charge in [0.25, 0.3) is 0 Å². The smallest absolute Gasteiger partial charge is 0.318 e. The van der Waals surface area contributed by atoms with Crippen LogP contribution in [0.15, 0.2) is 24.3 Å². The van der Waals surface area contributed by atoms with Crippen LogP contribution in [0.5, 0.6) is 0 Å². The normalized spacial score (nSPS) is 15.3. The van der Waals surface area contributed by atoms with Crippen molar-refractivity contribution >= 4 is 23.2 Å². The zero-order valence-corrected chi connectivity index (χ0v) is 16.3. The Morgan fingerprint density at radius 2 is 0.943 bits per heavy atom. The van der Waals surface area contributed by atoms with Crippen LogP contribution < -0.4 is 5.32 Å². The summed E-state index contributed by atoms with van der Waals surface area (Å²) in [6.45, 7) is 0. The fraction of sp³-hybridized carbons (Fsp3) is 0.533. The number of alkyl halides is 17. The number of carbonyl (C=O) groups is 1. The second-order valence-electron chi connectivity index (χ2n) is 6.45. The van der Waals surface area contributed by atoms with Crippen molar-refractivity contribution in [2.75, 3.05) is 5.32 Å². The molecule has 1 N–H and O–H groups in total. The molecule has 35 heavy (non-hydrogen) atoms. The van der Waals surface area contributed by atoms with Gasteiger partial charge in [-0.2, -0.15) is 70.2 Å². The van der Waals surface area contributed by atoms with Gasteiger partial charge in [0, 0.05) is 0 Å². The maximum atomic E-state index is 13.7. The molecule has 0 aliphatic rings. The number of nitrogens with one attached hydrogen (secondary N) is 1. The number of benzene rings is 1. The van der Waals surface area contributed by atoms with Gasteiger partial charge in [0.2, 0.25) is 0 Å². The quantitative estimate of drug-likeness (QED) is 0.249. The first kappa shape index (κ1) is 30.8. The Labute approximate surface area is 186 Å². The van der Waals surface area contributed by atoms with Gasteiger partial charge in [-0.15, -0.1) is 0 Å². The van der Waals surface area contributed by atoms with Crippen LogP contribution in [0.4, 0.5) is 80.3 Å². The summed E-state index contributed by atoms with van der Waals surface area (Å²) in [5.74, 6) is -63.0. The molecule has 0 unspecified atom stereocenters. The maximum Gasteiger partial charge on any atom is 0.393 e. The Morgan fingerprint density at radius 3 is 1.31 bits per heavy atom. The van der Waals surface area contributed by atoms with Crippen molar-refractivity contribution in [2.45, 2.75) is 46.8 Å². The van der Waals surface area contributed by atoms with Crippen molar-refractivity contribution in [3.8, 4) is 0 Å². The van der Waals surface area contributed by atoms with E-state index in [1.807, 2.05) is 0 Å². The third-order valence-corrected chi connectivity index (χ3v) is 4.37. The van der Waals surface area contributed by atoms with Crippen molar-refractivity contribution in [1.29, 1.82) is 0 Å². The van der Waals surface area contributed by atoms with Crippen molar-refractivity contribution in [1.82, 2.24) is 0 Å². The molecule has 0 aliphatic heterocycles. The molecule has 1 amide bonds. The van der Waals surface area contributed by atoms with Crippen LogP contribution in [0.1, 0.15) is 0 Å². The summed E-state index contributed by atoms with van der Waals surface area (Å²) < 4.78 is 227. The van der Waals surface area contributed by atoms with Crippen LogP contribution in [0.3, 0.4) is 0 Å². The Kier molecular flexibility index (Phi) is 7.42. The third-order valence-electron chi connectivity index (χ3n) is 4.13. The first-order valence-electron chi connectivity index (χ1n) is 7.93. The molecule has 0 saturated carbocycles. The molecule has 0 heterocycles. The summed E-state index contributed by atoms with van der Waals surface area (Å²) in [6.07, 6.45) is 0. The van der Waals surface area contributed by atoms with Crippen LogP contribution in [0, 0.1) is 5.82 Å². The van der Waals surface area contributed by atoms with E-state index in [9.17, 15) is 79.4 Å². The summed E-state index contributed by atoms with van der Waals surface area (Å²) in [6, 6.07) is 2.18. The highest BCUT2D eigenvalue weighted by Gasteiger charge is 2.95. The van der Waals surface area contributed by atoms with Gasteiger partial charge in [-0.1, -0.05) is 12.1 Å². The molecular weight excluding hydrogens is 569 g/mol. The van der Waals surface area contributed by atoms with E-state index in [4.69, 9.17) is 0 Å². The summed E-state index contributed by atoms with van der Waals surface area (Å²) in [4.78, 5) is 11.3. The lowest BCUT2D eigenvalue weighted by molar-refractivity contribution is -0.445. The SMILES string of the molecule is O=C(Nc1ccccc1F)C(F)(F)C(F)(F)C(F)(F)C(F)(F)C(F)(F)C(F)(F)C(F)(F)C(F)(F)Cl. The molecule has 20 heteroatoms. The van der Waals surface area contributed by atoms with Gasteiger partial charge in [-0.05, 0) is 23.7 Å². The number of halogens is 18. The van der Waals surface area contributed by atoms with E-state index in [1.165, 1.54) is 0 Å². The summed E-state index contributed by atoms with van der Waals surface area (Å²) in [5.41, 5.74) is -1.48. The number of carbonyl (C=O) groups excluding carboxylic acids is 1. The van der Waals surface area contributed by atoms with Crippen LogP contribution in [-0.4, -0.2) is 52.7 Å². The van der Waals surface area contributed by atoms with E-state index in [0.29, 0.717) is 23.5 Å². The second-order valence-corrected chi connectivity index (χ2v) is 6.93. The van der Waals surface area contributed by atoms with E-state index in [-0.39, 0.29) is 0 Å². The summed E-state index contributed by atoms with van der Waals surface area (Å²) in [5, 5.41) is -6.39. The van der Waals surface area contributed by atoms with E-state index in [0.717, 1.165) is 6.07 Å². The number of hydrogen-bond donors (Lipinski definition) is 1. The third kappa shape index (κ3) is 4.22. The molecule has 0 fully saturated rings. The molecule has 1 aromatic carbocycles. The highest BCUT2D eigenvalue weighted by atomic mass is 35.5. The van der Waals surface area contributed by atoms with Gasteiger partial charge >= 0.3 is 52.7 Å². The van der Waals surface area contributed by atoms with E-state index in [2.05, 4.69) is 11.6 Å². The fourth-order valence-electron chi connectivity index (χ4n) is 2.07. The molecule has 1 rings (SSSR count). The first-order chi connectivity index (χ1) is 15.2. The summed E-state index contributed by atoms with van der Waals surface area (Å²) >= 11 is 3.39. The van der Waals surface area contributed by atoms with Crippen molar-refractivity contribution in [3.05, 3.63) is 30.1 Å². The van der Waals surface area contributed by atoms with Gasteiger partial charge in [0.15, 0.2) is 0 Å². The topological polar surface area (TPSA) is 29.1 Å². The Hall–Kier alpha value is -2.21. The number of para-hydroxylation sites is 1. The molecule has 0 atom stereocenters. The second kappa shape index (κ2) is 8.43. The van der Waals surface area contributed by atoms with Gasteiger partial charge in [0.05, 0.1) is 5.69 Å². The number of amides is 1. The standard InChI is InChI=1S/C15H5ClF17NO/c16-15(32,33)14(30,31)13(28,29)12(26,27)11(24,25)10(22,23)9(20,21)8(18,19)7(35)34-6-4-2-1-3-5(6)17/h1-4H,(H,34,35). The molecule has 0 spiro atoms. The molecular formula is C15H5ClF17NO. The minimum Gasteiger partial charge on any atom is -0.318 e. The zero-order valence-electron chi connectivity index (χ0n) is 15.5. The largest absolute Gasteiger partial charge is 0.393 e. The fourth-order valence-corrected chi connectivity index (χ4v) is 2.19. The molecule has 0 radical (unpaired) electrons. The van der Waals surface area contributed by atoms with E-state index in [1.54, 1.807) is 0 Å². The maximum absolute atomic E-state index is 13.7. The number of rotatable bonds is 9.